The summed E-state index contributed by atoms with van der Waals surface area (Å²) in [4.78, 5) is 28.5. The monoisotopic (exact) mass is 431 g/mol. The molecule has 4 rings (SSSR count). The van der Waals surface area contributed by atoms with Gasteiger partial charge in [0.1, 0.15) is 5.82 Å². The van der Waals surface area contributed by atoms with Gasteiger partial charge in [-0.25, -0.2) is 9.97 Å². The number of ether oxygens (including phenoxy) is 1. The highest BCUT2D eigenvalue weighted by atomic mass is 16.5. The molecule has 0 spiro atoms. The molecule has 3 aromatic heterocycles. The smallest absolute Gasteiger partial charge is 0.259 e. The summed E-state index contributed by atoms with van der Waals surface area (Å²) in [6, 6.07) is 13.1. The summed E-state index contributed by atoms with van der Waals surface area (Å²) >= 11 is 0. The van der Waals surface area contributed by atoms with Gasteiger partial charge in [0.15, 0.2) is 0 Å². The van der Waals surface area contributed by atoms with Crippen LogP contribution in [-0.2, 0) is 6.42 Å². The Labute approximate surface area is 188 Å². The fourth-order valence-corrected chi connectivity index (χ4v) is 3.73. The number of piperidine rings is 1. The average molecular weight is 432 g/mol. The van der Waals surface area contributed by atoms with Crippen LogP contribution in [0.15, 0.2) is 54.9 Å². The quantitative estimate of drug-likeness (QED) is 0.601. The van der Waals surface area contributed by atoms with Crippen LogP contribution in [0, 0.1) is 12.8 Å². The van der Waals surface area contributed by atoms with Gasteiger partial charge in [0, 0.05) is 43.2 Å². The molecular weight excluding hydrogens is 402 g/mol. The fourth-order valence-electron chi connectivity index (χ4n) is 3.73. The van der Waals surface area contributed by atoms with Crippen LogP contribution in [0.3, 0.4) is 0 Å². The molecule has 1 saturated heterocycles. The van der Waals surface area contributed by atoms with Gasteiger partial charge in [0.05, 0.1) is 24.1 Å². The lowest BCUT2D eigenvalue weighted by atomic mass is 9.99. The molecular formula is C25H29N5O2. The van der Waals surface area contributed by atoms with Crippen LogP contribution < -0.4 is 15.0 Å². The van der Waals surface area contributed by atoms with E-state index in [0.717, 1.165) is 43.1 Å². The standard InChI is InChI=1S/C25H29N5O2/c1-18-10-14-30(15-11-18)24-22(8-6-19(2)28-24)25(31)29-21-7-9-23(27-17-21)32-16-12-20-5-3-4-13-26-20/h3-9,13,17-18H,10-12,14-16H2,1-2H3,(H,29,31). The van der Waals surface area contributed by atoms with E-state index in [1.165, 1.54) is 0 Å². The van der Waals surface area contributed by atoms with Gasteiger partial charge in [0.25, 0.3) is 5.91 Å². The van der Waals surface area contributed by atoms with Gasteiger partial charge >= 0.3 is 0 Å². The molecule has 3 aromatic rings. The minimum absolute atomic E-state index is 0.184. The molecule has 0 unspecified atom stereocenters. The largest absolute Gasteiger partial charge is 0.477 e. The normalized spacial score (nSPS) is 14.2. The minimum atomic E-state index is -0.184. The number of carbonyl (C=O) groups is 1. The maximum absolute atomic E-state index is 13.0. The Balaban J connectivity index is 1.37. The molecule has 166 valence electrons. The summed E-state index contributed by atoms with van der Waals surface area (Å²) < 4.78 is 5.69. The third-order valence-corrected chi connectivity index (χ3v) is 5.67. The van der Waals surface area contributed by atoms with Crippen molar-refractivity contribution in [3.05, 3.63) is 71.8 Å². The summed E-state index contributed by atoms with van der Waals surface area (Å²) in [5.41, 5.74) is 3.08. The number of hydrogen-bond donors (Lipinski definition) is 1. The van der Waals surface area contributed by atoms with Crippen LogP contribution >= 0.6 is 0 Å². The lowest BCUT2D eigenvalue weighted by Gasteiger charge is -2.32. The highest BCUT2D eigenvalue weighted by molar-refractivity contribution is 6.07. The molecule has 1 amide bonds. The van der Waals surface area contributed by atoms with E-state index in [2.05, 4.69) is 32.1 Å². The molecule has 0 aromatic carbocycles. The van der Waals surface area contributed by atoms with Gasteiger partial charge < -0.3 is 15.0 Å². The van der Waals surface area contributed by atoms with Crippen LogP contribution in [-0.4, -0.2) is 40.6 Å². The van der Waals surface area contributed by atoms with E-state index in [0.29, 0.717) is 36.1 Å². The number of nitrogens with zero attached hydrogens (tertiary/aromatic N) is 4. The number of carbonyl (C=O) groups excluding carboxylic acids is 1. The van der Waals surface area contributed by atoms with Crippen molar-refractivity contribution in [3.63, 3.8) is 0 Å². The van der Waals surface area contributed by atoms with Crippen LogP contribution in [0.5, 0.6) is 5.88 Å². The maximum Gasteiger partial charge on any atom is 0.259 e. The molecule has 7 heteroatoms. The third kappa shape index (κ3) is 5.60. The van der Waals surface area contributed by atoms with Gasteiger partial charge in [-0.05, 0) is 56.0 Å². The first kappa shape index (κ1) is 21.7. The minimum Gasteiger partial charge on any atom is -0.477 e. The first-order valence-corrected chi connectivity index (χ1v) is 11.1. The molecule has 0 atom stereocenters. The van der Waals surface area contributed by atoms with E-state index < -0.39 is 0 Å². The Bertz CT molecular complexity index is 1030. The predicted octanol–water partition coefficient (Wildman–Crippen LogP) is 4.29. The van der Waals surface area contributed by atoms with Crippen molar-refractivity contribution in [2.75, 3.05) is 29.9 Å². The molecule has 32 heavy (non-hydrogen) atoms. The Morgan fingerprint density at radius 2 is 1.97 bits per heavy atom. The molecule has 1 fully saturated rings. The number of hydrogen-bond acceptors (Lipinski definition) is 6. The van der Waals surface area contributed by atoms with Gasteiger partial charge in [-0.3, -0.25) is 9.78 Å². The summed E-state index contributed by atoms with van der Waals surface area (Å²) in [6.45, 7) is 6.55. The SMILES string of the molecule is Cc1ccc(C(=O)Nc2ccc(OCCc3ccccn3)nc2)c(N2CCC(C)CC2)n1. The second kappa shape index (κ2) is 10.2. The molecule has 1 aliphatic rings. The number of anilines is 2. The molecule has 7 nitrogen and oxygen atoms in total. The van der Waals surface area contributed by atoms with E-state index in [1.54, 1.807) is 24.5 Å². The van der Waals surface area contributed by atoms with Crippen LogP contribution in [0.2, 0.25) is 0 Å². The van der Waals surface area contributed by atoms with Crippen molar-refractivity contribution in [2.45, 2.75) is 33.1 Å². The summed E-state index contributed by atoms with van der Waals surface area (Å²) in [7, 11) is 0. The van der Waals surface area contributed by atoms with E-state index >= 15 is 0 Å². The number of pyridine rings is 3. The number of nitrogens with one attached hydrogen (secondary N) is 1. The van der Waals surface area contributed by atoms with Gasteiger partial charge in [-0.15, -0.1) is 0 Å². The highest BCUT2D eigenvalue weighted by Gasteiger charge is 2.22. The maximum atomic E-state index is 13.0. The molecule has 0 bridgehead atoms. The zero-order valence-corrected chi connectivity index (χ0v) is 18.6. The van der Waals surface area contributed by atoms with Crippen molar-refractivity contribution in [1.82, 2.24) is 15.0 Å². The topological polar surface area (TPSA) is 80.2 Å². The second-order valence-electron chi connectivity index (χ2n) is 8.25. The Morgan fingerprint density at radius 3 is 2.69 bits per heavy atom. The van der Waals surface area contributed by atoms with Gasteiger partial charge in [0.2, 0.25) is 5.88 Å². The summed E-state index contributed by atoms with van der Waals surface area (Å²) in [5, 5.41) is 2.94. The first-order chi connectivity index (χ1) is 15.6. The summed E-state index contributed by atoms with van der Waals surface area (Å²) in [6.07, 6.45) is 6.31. The Kier molecular flexibility index (Phi) is 6.94. The number of rotatable bonds is 7. The van der Waals surface area contributed by atoms with Gasteiger partial charge in [-0.1, -0.05) is 13.0 Å². The lowest BCUT2D eigenvalue weighted by Crippen LogP contribution is -2.35. The van der Waals surface area contributed by atoms with E-state index in [-0.39, 0.29) is 5.91 Å². The van der Waals surface area contributed by atoms with Crippen LogP contribution in [0.4, 0.5) is 11.5 Å². The number of aromatic nitrogens is 3. The zero-order chi connectivity index (χ0) is 22.3. The summed E-state index contributed by atoms with van der Waals surface area (Å²) in [5.74, 6) is 1.80. The van der Waals surface area contributed by atoms with Crippen molar-refractivity contribution in [2.24, 2.45) is 5.92 Å². The Morgan fingerprint density at radius 1 is 1.12 bits per heavy atom. The second-order valence-corrected chi connectivity index (χ2v) is 8.25. The molecule has 4 heterocycles. The van der Waals surface area contributed by atoms with E-state index in [4.69, 9.17) is 4.74 Å². The lowest BCUT2D eigenvalue weighted by molar-refractivity contribution is 0.102. The fraction of sp³-hybridized carbons (Fsp3) is 0.360. The molecule has 0 aliphatic carbocycles. The number of aryl methyl sites for hydroxylation is 1. The Hall–Kier alpha value is -3.48. The van der Waals surface area contributed by atoms with Crippen LogP contribution in [0.25, 0.3) is 0 Å². The first-order valence-electron chi connectivity index (χ1n) is 11.1. The number of amides is 1. The average Bonchev–Trinajstić information content (AvgIpc) is 2.81. The third-order valence-electron chi connectivity index (χ3n) is 5.67. The van der Waals surface area contributed by atoms with Crippen molar-refractivity contribution in [3.8, 4) is 5.88 Å². The van der Waals surface area contributed by atoms with Crippen molar-refractivity contribution < 1.29 is 9.53 Å². The van der Waals surface area contributed by atoms with Gasteiger partial charge in [-0.2, -0.15) is 0 Å². The predicted molar refractivity (Wildman–Crippen MR) is 125 cm³/mol. The van der Waals surface area contributed by atoms with E-state index in [1.807, 2.05) is 37.3 Å². The highest BCUT2D eigenvalue weighted by Crippen LogP contribution is 2.26. The molecule has 0 radical (unpaired) electrons. The molecule has 0 saturated carbocycles. The van der Waals surface area contributed by atoms with Crippen molar-refractivity contribution in [1.29, 1.82) is 0 Å². The van der Waals surface area contributed by atoms with Crippen LogP contribution in [0.1, 0.15) is 41.5 Å². The van der Waals surface area contributed by atoms with E-state index in [9.17, 15) is 4.79 Å². The molecule has 1 aliphatic heterocycles. The molecule has 1 N–H and O–H groups in total. The van der Waals surface area contributed by atoms with Crippen molar-refractivity contribution >= 4 is 17.4 Å². The zero-order valence-electron chi connectivity index (χ0n) is 18.6.